The van der Waals surface area contributed by atoms with Gasteiger partial charge in [0.1, 0.15) is 5.75 Å². The van der Waals surface area contributed by atoms with E-state index in [2.05, 4.69) is 27.6 Å². The molecule has 1 aromatic heterocycles. The first-order chi connectivity index (χ1) is 12.3. The van der Waals surface area contributed by atoms with Crippen LogP contribution in [0.15, 0.2) is 18.5 Å². The summed E-state index contributed by atoms with van der Waals surface area (Å²) in [4.78, 5) is 38.5. The maximum absolute atomic E-state index is 11.6. The number of carbonyl (C=O) groups is 3. The third-order valence-electron chi connectivity index (χ3n) is 3.24. The minimum absolute atomic E-state index is 0.317. The second kappa shape index (κ2) is 9.40. The molecule has 1 fully saturated rings. The SMILES string of the molecule is CC(=O)O[C@@H]1[C@@H](OC(C)=O)[C@H](OC(C)=O)CS[C@H]1Oc1cncc(I)c1. The average molecular weight is 495 g/mol. The molecule has 0 aromatic carbocycles. The van der Waals surface area contributed by atoms with Gasteiger partial charge in [-0.05, 0) is 28.7 Å². The molecule has 0 aliphatic carbocycles. The number of halogens is 1. The number of carbonyl (C=O) groups excluding carboxylic acids is 3. The van der Waals surface area contributed by atoms with Crippen molar-refractivity contribution in [2.75, 3.05) is 5.75 Å². The van der Waals surface area contributed by atoms with Crippen molar-refractivity contribution in [1.82, 2.24) is 4.98 Å². The van der Waals surface area contributed by atoms with E-state index in [0.29, 0.717) is 11.5 Å². The maximum atomic E-state index is 11.6. The molecule has 0 amide bonds. The summed E-state index contributed by atoms with van der Waals surface area (Å²) in [5.41, 5.74) is -0.657. The molecule has 0 N–H and O–H groups in total. The molecule has 1 saturated heterocycles. The van der Waals surface area contributed by atoms with Gasteiger partial charge in [-0.15, -0.1) is 11.8 Å². The highest BCUT2D eigenvalue weighted by molar-refractivity contribution is 14.1. The molecule has 26 heavy (non-hydrogen) atoms. The number of rotatable bonds is 5. The van der Waals surface area contributed by atoms with E-state index in [1.54, 1.807) is 12.3 Å². The summed E-state index contributed by atoms with van der Waals surface area (Å²) in [5, 5.41) is 0. The average Bonchev–Trinajstić information content (AvgIpc) is 2.51. The highest BCUT2D eigenvalue weighted by atomic mass is 127. The smallest absolute Gasteiger partial charge is 0.303 e. The molecule has 0 radical (unpaired) electrons. The molecule has 8 nitrogen and oxygen atoms in total. The van der Waals surface area contributed by atoms with Crippen LogP contribution in [0.4, 0.5) is 0 Å². The Bertz CT molecular complexity index is 686. The quantitative estimate of drug-likeness (QED) is 0.345. The number of thioether (sulfide) groups is 1. The molecule has 0 saturated carbocycles. The van der Waals surface area contributed by atoms with Crippen LogP contribution >= 0.6 is 34.4 Å². The minimum Gasteiger partial charge on any atom is -0.474 e. The predicted molar refractivity (Wildman–Crippen MR) is 100 cm³/mol. The van der Waals surface area contributed by atoms with Gasteiger partial charge >= 0.3 is 17.9 Å². The third-order valence-corrected chi connectivity index (χ3v) is 5.04. The summed E-state index contributed by atoms with van der Waals surface area (Å²) in [6.45, 7) is 3.74. The Balaban J connectivity index is 2.27. The van der Waals surface area contributed by atoms with Crippen molar-refractivity contribution in [2.24, 2.45) is 0 Å². The molecule has 142 valence electrons. The van der Waals surface area contributed by atoms with E-state index in [1.807, 2.05) is 0 Å². The molecule has 4 atom stereocenters. The zero-order chi connectivity index (χ0) is 19.3. The highest BCUT2D eigenvalue weighted by Crippen LogP contribution is 2.34. The van der Waals surface area contributed by atoms with Crippen LogP contribution in [0.25, 0.3) is 0 Å². The van der Waals surface area contributed by atoms with E-state index >= 15 is 0 Å². The lowest BCUT2D eigenvalue weighted by molar-refractivity contribution is -0.186. The van der Waals surface area contributed by atoms with Crippen molar-refractivity contribution in [2.45, 2.75) is 44.5 Å². The zero-order valence-corrected chi connectivity index (χ0v) is 17.3. The number of hydrogen-bond acceptors (Lipinski definition) is 9. The largest absolute Gasteiger partial charge is 0.474 e. The third kappa shape index (κ3) is 6.01. The number of nitrogens with zero attached hydrogens (tertiary/aromatic N) is 1. The molecule has 2 heterocycles. The summed E-state index contributed by atoms with van der Waals surface area (Å²) in [6.07, 6.45) is 0.537. The topological polar surface area (TPSA) is 101 Å². The minimum atomic E-state index is -0.970. The summed E-state index contributed by atoms with van der Waals surface area (Å²) >= 11 is 3.40. The van der Waals surface area contributed by atoms with Gasteiger partial charge in [-0.2, -0.15) is 0 Å². The van der Waals surface area contributed by atoms with Crippen LogP contribution in [0.3, 0.4) is 0 Å². The molecule has 0 spiro atoms. The van der Waals surface area contributed by atoms with Crippen molar-refractivity contribution in [3.63, 3.8) is 0 Å². The van der Waals surface area contributed by atoms with Crippen molar-refractivity contribution in [3.8, 4) is 5.75 Å². The molecule has 1 aromatic rings. The second-order valence-corrected chi connectivity index (χ2v) is 7.83. The van der Waals surface area contributed by atoms with E-state index in [9.17, 15) is 14.4 Å². The molecule has 0 unspecified atom stereocenters. The monoisotopic (exact) mass is 495 g/mol. The van der Waals surface area contributed by atoms with Crippen LogP contribution < -0.4 is 4.74 Å². The number of esters is 3. The van der Waals surface area contributed by atoms with Crippen LogP contribution in [0, 0.1) is 3.57 Å². The molecular formula is C16H18INO7S. The molecule has 1 aliphatic rings. The lowest BCUT2D eigenvalue weighted by Gasteiger charge is -2.39. The fourth-order valence-corrected chi connectivity index (χ4v) is 4.08. The Morgan fingerprint density at radius 3 is 2.23 bits per heavy atom. The van der Waals surface area contributed by atoms with Crippen molar-refractivity contribution in [3.05, 3.63) is 22.0 Å². The van der Waals surface area contributed by atoms with E-state index in [0.717, 1.165) is 3.57 Å². The highest BCUT2D eigenvalue weighted by Gasteiger charge is 2.47. The van der Waals surface area contributed by atoms with E-state index < -0.39 is 41.7 Å². The van der Waals surface area contributed by atoms with Crippen molar-refractivity contribution < 1.29 is 33.3 Å². The zero-order valence-electron chi connectivity index (χ0n) is 14.3. The molecule has 2 rings (SSSR count). The van der Waals surface area contributed by atoms with Gasteiger partial charge in [-0.3, -0.25) is 19.4 Å². The Hall–Kier alpha value is -1.56. The number of hydrogen-bond donors (Lipinski definition) is 0. The molecule has 0 bridgehead atoms. The van der Waals surface area contributed by atoms with Crippen LogP contribution in [-0.2, 0) is 28.6 Å². The van der Waals surface area contributed by atoms with E-state index in [-0.39, 0.29) is 0 Å². The van der Waals surface area contributed by atoms with Gasteiger partial charge in [0.2, 0.25) is 0 Å². The maximum Gasteiger partial charge on any atom is 0.303 e. The number of aromatic nitrogens is 1. The van der Waals surface area contributed by atoms with E-state index in [1.165, 1.54) is 38.7 Å². The Morgan fingerprint density at radius 2 is 1.65 bits per heavy atom. The predicted octanol–water partition coefficient (Wildman–Crippen LogP) is 1.93. The number of pyridine rings is 1. The normalized spacial score (nSPS) is 25.1. The summed E-state index contributed by atoms with van der Waals surface area (Å²) < 4.78 is 22.7. The fourth-order valence-electron chi connectivity index (χ4n) is 2.40. The van der Waals surface area contributed by atoms with Crippen LogP contribution in [0.1, 0.15) is 20.8 Å². The van der Waals surface area contributed by atoms with Crippen LogP contribution in [0.5, 0.6) is 5.75 Å². The lowest BCUT2D eigenvalue weighted by Crippen LogP contribution is -2.55. The van der Waals surface area contributed by atoms with Gasteiger partial charge in [0.15, 0.2) is 23.7 Å². The Labute approximate surface area is 168 Å². The molecule has 1 aliphatic heterocycles. The van der Waals surface area contributed by atoms with Gasteiger partial charge in [-0.1, -0.05) is 0 Å². The van der Waals surface area contributed by atoms with Crippen molar-refractivity contribution >= 4 is 52.3 Å². The summed E-state index contributed by atoms with van der Waals surface area (Å²) in [6, 6.07) is 1.78. The second-order valence-electron chi connectivity index (χ2n) is 5.45. The molecular weight excluding hydrogens is 477 g/mol. The first-order valence-corrected chi connectivity index (χ1v) is 9.79. The molecule has 10 heteroatoms. The van der Waals surface area contributed by atoms with E-state index in [4.69, 9.17) is 18.9 Å². The van der Waals surface area contributed by atoms with Gasteiger partial charge in [0.25, 0.3) is 0 Å². The lowest BCUT2D eigenvalue weighted by atomic mass is 10.1. The first kappa shape index (κ1) is 20.7. The van der Waals surface area contributed by atoms with Gasteiger partial charge in [0, 0.05) is 36.3 Å². The first-order valence-electron chi connectivity index (χ1n) is 7.66. The fraction of sp³-hybridized carbons (Fsp3) is 0.500. The van der Waals surface area contributed by atoms with Gasteiger partial charge in [0.05, 0.1) is 6.20 Å². The van der Waals surface area contributed by atoms with Gasteiger partial charge < -0.3 is 18.9 Å². The summed E-state index contributed by atoms with van der Waals surface area (Å²) in [7, 11) is 0. The van der Waals surface area contributed by atoms with Crippen LogP contribution in [0.2, 0.25) is 0 Å². The van der Waals surface area contributed by atoms with Crippen LogP contribution in [-0.4, -0.2) is 52.4 Å². The van der Waals surface area contributed by atoms with Crippen molar-refractivity contribution in [1.29, 1.82) is 0 Å². The number of ether oxygens (including phenoxy) is 4. The standard InChI is InChI=1S/C16H18INO7S/c1-8(19)22-13-7-26-16(25-12-4-11(17)5-18-6-12)15(24-10(3)21)14(13)23-9(2)20/h4-6,13-16H,7H2,1-3H3/t13-,14+,15-,16-/m1/s1. The van der Waals surface area contributed by atoms with Gasteiger partial charge in [-0.25, -0.2) is 0 Å². The summed E-state index contributed by atoms with van der Waals surface area (Å²) in [5.74, 6) is -0.858. The Morgan fingerprint density at radius 1 is 1.04 bits per heavy atom. The Kier molecular flexibility index (Phi) is 7.50.